The highest BCUT2D eigenvalue weighted by Gasteiger charge is 2.10. The molecule has 2 heterocycles. The molecule has 0 spiro atoms. The van der Waals surface area contributed by atoms with Crippen LogP contribution in [0.15, 0.2) is 18.3 Å². The Balaban J connectivity index is 2.08. The first-order valence-corrected chi connectivity index (χ1v) is 6.29. The van der Waals surface area contributed by atoms with E-state index in [1.165, 1.54) is 12.1 Å². The van der Waals surface area contributed by atoms with Gasteiger partial charge < -0.3 is 10.7 Å². The molecule has 0 unspecified atom stereocenters. The summed E-state index contributed by atoms with van der Waals surface area (Å²) < 4.78 is 1.70. The van der Waals surface area contributed by atoms with Gasteiger partial charge in [0.25, 0.3) is 5.91 Å². The molecule has 106 valence electrons. The highest BCUT2D eigenvalue weighted by Crippen LogP contribution is 2.14. The molecule has 4 N–H and O–H groups in total. The van der Waals surface area contributed by atoms with Crippen LogP contribution >= 0.6 is 11.6 Å². The number of pyridine rings is 1. The number of nitrogens with one attached hydrogen (secondary N) is 2. The number of carbonyl (C=O) groups excluding carboxylic acids is 1. The van der Waals surface area contributed by atoms with Crippen molar-refractivity contribution in [1.29, 1.82) is 0 Å². The van der Waals surface area contributed by atoms with Crippen molar-refractivity contribution in [2.24, 2.45) is 12.9 Å². The monoisotopic (exact) mass is 294 g/mol. The van der Waals surface area contributed by atoms with Crippen LogP contribution in [0.4, 0.5) is 5.82 Å². The number of hydrogen-bond donors (Lipinski definition) is 3. The van der Waals surface area contributed by atoms with Gasteiger partial charge in [0.15, 0.2) is 0 Å². The Morgan fingerprint density at radius 2 is 2.25 bits per heavy atom. The molecule has 0 atom stereocenters. The molecule has 0 saturated heterocycles. The smallest absolute Gasteiger partial charge is 0.251 e. The van der Waals surface area contributed by atoms with Crippen molar-refractivity contribution in [3.63, 3.8) is 0 Å². The van der Waals surface area contributed by atoms with E-state index in [-0.39, 0.29) is 11.1 Å². The van der Waals surface area contributed by atoms with E-state index in [0.29, 0.717) is 17.9 Å². The number of nitrogens with two attached hydrogens (primary N) is 1. The summed E-state index contributed by atoms with van der Waals surface area (Å²) in [7, 11) is 1.83. The van der Waals surface area contributed by atoms with Crippen molar-refractivity contribution in [3.8, 4) is 0 Å². The van der Waals surface area contributed by atoms with Crippen molar-refractivity contribution >= 4 is 23.3 Å². The van der Waals surface area contributed by atoms with Gasteiger partial charge in [-0.15, -0.1) is 0 Å². The van der Waals surface area contributed by atoms with E-state index < -0.39 is 0 Å². The van der Waals surface area contributed by atoms with E-state index in [2.05, 4.69) is 20.8 Å². The molecule has 2 aromatic rings. The van der Waals surface area contributed by atoms with Gasteiger partial charge in [0.05, 0.1) is 5.69 Å². The van der Waals surface area contributed by atoms with Crippen LogP contribution in [0.2, 0.25) is 5.15 Å². The molecular formula is C12H15ClN6O. The molecule has 0 fully saturated rings. The third-order valence-corrected chi connectivity index (χ3v) is 2.95. The lowest BCUT2D eigenvalue weighted by Gasteiger charge is -2.06. The molecule has 2 rings (SSSR count). The minimum atomic E-state index is -0.256. The molecule has 20 heavy (non-hydrogen) atoms. The van der Waals surface area contributed by atoms with Crippen molar-refractivity contribution in [2.45, 2.75) is 13.5 Å². The summed E-state index contributed by atoms with van der Waals surface area (Å²) in [5.41, 5.74) is 4.58. The van der Waals surface area contributed by atoms with E-state index in [1.807, 2.05) is 20.2 Å². The number of aryl methyl sites for hydroxylation is 2. The van der Waals surface area contributed by atoms with E-state index in [4.69, 9.17) is 17.4 Å². The second-order valence-corrected chi connectivity index (χ2v) is 4.69. The van der Waals surface area contributed by atoms with Crippen LogP contribution in [-0.2, 0) is 13.6 Å². The molecule has 2 aromatic heterocycles. The number of amides is 1. The fraction of sp³-hybridized carbons (Fsp3) is 0.250. The normalized spacial score (nSPS) is 10.4. The van der Waals surface area contributed by atoms with Gasteiger partial charge in [-0.2, -0.15) is 5.10 Å². The zero-order chi connectivity index (χ0) is 14.7. The van der Waals surface area contributed by atoms with Gasteiger partial charge in [-0.05, 0) is 19.1 Å². The second-order valence-electron chi connectivity index (χ2n) is 4.30. The van der Waals surface area contributed by atoms with E-state index >= 15 is 0 Å². The first-order chi connectivity index (χ1) is 9.49. The zero-order valence-corrected chi connectivity index (χ0v) is 11.9. The van der Waals surface area contributed by atoms with Crippen molar-refractivity contribution in [3.05, 3.63) is 40.3 Å². The highest BCUT2D eigenvalue weighted by atomic mass is 35.5. The summed E-state index contributed by atoms with van der Waals surface area (Å²) in [5.74, 6) is 5.34. The Kier molecular flexibility index (Phi) is 4.21. The first kappa shape index (κ1) is 14.3. The van der Waals surface area contributed by atoms with Crippen molar-refractivity contribution < 1.29 is 4.79 Å². The van der Waals surface area contributed by atoms with Gasteiger partial charge in [0.2, 0.25) is 0 Å². The predicted octanol–water partition coefficient (Wildman–Crippen LogP) is 0.993. The molecule has 0 aliphatic carbocycles. The van der Waals surface area contributed by atoms with Crippen LogP contribution < -0.4 is 16.6 Å². The Morgan fingerprint density at radius 3 is 2.85 bits per heavy atom. The predicted molar refractivity (Wildman–Crippen MR) is 76.2 cm³/mol. The number of halogens is 1. The fourth-order valence-corrected chi connectivity index (χ4v) is 2.01. The molecular weight excluding hydrogens is 280 g/mol. The number of nitrogen functional groups attached to an aromatic ring is 1. The number of carbonyl (C=O) groups is 1. The lowest BCUT2D eigenvalue weighted by atomic mass is 10.2. The Morgan fingerprint density at radius 1 is 1.50 bits per heavy atom. The van der Waals surface area contributed by atoms with Gasteiger partial charge in [-0.3, -0.25) is 9.48 Å². The fourth-order valence-electron chi connectivity index (χ4n) is 1.80. The third-order valence-electron chi connectivity index (χ3n) is 2.76. The maximum absolute atomic E-state index is 12.1. The number of aromatic nitrogens is 3. The summed E-state index contributed by atoms with van der Waals surface area (Å²) in [5, 5.41) is 7.21. The Bertz CT molecular complexity index is 639. The highest BCUT2D eigenvalue weighted by molar-refractivity contribution is 6.29. The van der Waals surface area contributed by atoms with Gasteiger partial charge in [0, 0.05) is 30.9 Å². The lowest BCUT2D eigenvalue weighted by molar-refractivity contribution is 0.0951. The van der Waals surface area contributed by atoms with Crippen LogP contribution in [0.5, 0.6) is 0 Å². The molecule has 0 radical (unpaired) electrons. The van der Waals surface area contributed by atoms with E-state index in [0.717, 1.165) is 11.3 Å². The zero-order valence-electron chi connectivity index (χ0n) is 11.1. The largest absolute Gasteiger partial charge is 0.348 e. The summed E-state index contributed by atoms with van der Waals surface area (Å²) in [6.45, 7) is 2.28. The Labute approximate surface area is 121 Å². The first-order valence-electron chi connectivity index (χ1n) is 5.91. The second kappa shape index (κ2) is 5.89. The Hall–Kier alpha value is -2.12. The molecule has 0 bridgehead atoms. The number of hydrazine groups is 1. The van der Waals surface area contributed by atoms with Crippen molar-refractivity contribution in [1.82, 2.24) is 20.1 Å². The van der Waals surface area contributed by atoms with Crippen LogP contribution in [0.25, 0.3) is 0 Å². The van der Waals surface area contributed by atoms with Crippen LogP contribution in [0.3, 0.4) is 0 Å². The van der Waals surface area contributed by atoms with E-state index in [1.54, 1.807) is 4.68 Å². The maximum Gasteiger partial charge on any atom is 0.251 e. The number of nitrogens with zero attached hydrogens (tertiary/aromatic N) is 3. The van der Waals surface area contributed by atoms with Crippen LogP contribution in [0.1, 0.15) is 21.6 Å². The summed E-state index contributed by atoms with van der Waals surface area (Å²) in [6, 6.07) is 3.01. The molecule has 0 aliphatic heterocycles. The summed E-state index contributed by atoms with van der Waals surface area (Å²) in [6.07, 6.45) is 1.86. The summed E-state index contributed by atoms with van der Waals surface area (Å²) in [4.78, 5) is 16.0. The molecule has 0 saturated carbocycles. The number of anilines is 1. The average Bonchev–Trinajstić information content (AvgIpc) is 2.73. The third kappa shape index (κ3) is 3.25. The average molecular weight is 295 g/mol. The number of rotatable bonds is 4. The summed E-state index contributed by atoms with van der Waals surface area (Å²) >= 11 is 5.82. The molecule has 1 amide bonds. The standard InChI is InChI=1S/C12H15ClN6O/c1-7-9(6-19(2)18-7)5-15-12(20)8-3-10(13)16-11(4-8)17-14/h3-4,6H,5,14H2,1-2H3,(H,15,20)(H,16,17). The molecule has 0 aliphatic rings. The minimum absolute atomic E-state index is 0.197. The minimum Gasteiger partial charge on any atom is -0.348 e. The van der Waals surface area contributed by atoms with Crippen LogP contribution in [0, 0.1) is 6.92 Å². The van der Waals surface area contributed by atoms with Gasteiger partial charge in [0.1, 0.15) is 11.0 Å². The molecule has 8 heteroatoms. The van der Waals surface area contributed by atoms with Crippen molar-refractivity contribution in [2.75, 3.05) is 5.43 Å². The quantitative estimate of drug-likeness (QED) is 0.444. The lowest BCUT2D eigenvalue weighted by Crippen LogP contribution is -2.23. The van der Waals surface area contributed by atoms with Gasteiger partial charge in [-0.1, -0.05) is 11.6 Å². The van der Waals surface area contributed by atoms with E-state index in [9.17, 15) is 4.79 Å². The molecule has 0 aromatic carbocycles. The maximum atomic E-state index is 12.1. The van der Waals surface area contributed by atoms with Gasteiger partial charge in [-0.25, -0.2) is 10.8 Å². The van der Waals surface area contributed by atoms with Crippen LogP contribution in [-0.4, -0.2) is 20.7 Å². The van der Waals surface area contributed by atoms with Gasteiger partial charge >= 0.3 is 0 Å². The SMILES string of the molecule is Cc1nn(C)cc1CNC(=O)c1cc(Cl)nc(NN)c1. The number of hydrogen-bond acceptors (Lipinski definition) is 5. The topological polar surface area (TPSA) is 97.9 Å². The molecule has 7 nitrogen and oxygen atoms in total.